The molecule has 0 fully saturated rings. The summed E-state index contributed by atoms with van der Waals surface area (Å²) in [5.74, 6) is -0.407. The Labute approximate surface area is 157 Å². The molecule has 4 aromatic rings. The maximum Gasteiger partial charge on any atom is 0.244 e. The summed E-state index contributed by atoms with van der Waals surface area (Å²) in [7, 11) is -3.73. The maximum absolute atomic E-state index is 13.0. The fourth-order valence-electron chi connectivity index (χ4n) is 3.02. The molecule has 5 nitrogen and oxygen atoms in total. The summed E-state index contributed by atoms with van der Waals surface area (Å²) in [5, 5.41) is 0.517. The molecule has 0 saturated carbocycles. The van der Waals surface area contributed by atoms with Crippen LogP contribution in [0.3, 0.4) is 0 Å². The fraction of sp³-hybridized carbons (Fsp3) is 0.0476. The van der Waals surface area contributed by atoms with Crippen molar-refractivity contribution in [2.45, 2.75) is 5.75 Å². The van der Waals surface area contributed by atoms with Crippen LogP contribution >= 0.6 is 0 Å². The number of carbonyl (C=O) groups is 1. The molecule has 134 valence electrons. The Morgan fingerprint density at radius 1 is 0.889 bits per heavy atom. The molecule has 4 rings (SSSR count). The van der Waals surface area contributed by atoms with Gasteiger partial charge in [-0.05, 0) is 17.7 Å². The molecule has 0 aliphatic rings. The zero-order valence-electron chi connectivity index (χ0n) is 14.3. The highest BCUT2D eigenvalue weighted by atomic mass is 32.2. The van der Waals surface area contributed by atoms with Crippen molar-refractivity contribution >= 4 is 26.8 Å². The van der Waals surface area contributed by atoms with Gasteiger partial charge in [0.15, 0.2) is 11.4 Å². The van der Waals surface area contributed by atoms with E-state index >= 15 is 0 Å². The first-order chi connectivity index (χ1) is 13.1. The number of carbonyl (C=O) groups excluding carboxylic acids is 1. The summed E-state index contributed by atoms with van der Waals surface area (Å²) in [4.78, 5) is 17.1. The molecule has 0 bridgehead atoms. The number of fused-ring (bicyclic) bond motifs is 1. The van der Waals surface area contributed by atoms with Crippen LogP contribution in [-0.2, 0) is 15.8 Å². The van der Waals surface area contributed by atoms with Crippen LogP contribution in [0.4, 0.5) is 0 Å². The van der Waals surface area contributed by atoms with Gasteiger partial charge in [0.1, 0.15) is 0 Å². The highest BCUT2D eigenvalue weighted by molar-refractivity contribution is 7.89. The molecule has 0 aliphatic carbocycles. The Kier molecular flexibility index (Phi) is 4.33. The van der Waals surface area contributed by atoms with Crippen molar-refractivity contribution in [3.8, 4) is 0 Å². The van der Waals surface area contributed by atoms with Gasteiger partial charge in [-0.2, -0.15) is 0 Å². The van der Waals surface area contributed by atoms with Crippen molar-refractivity contribution in [1.29, 1.82) is 0 Å². The maximum atomic E-state index is 13.0. The van der Waals surface area contributed by atoms with E-state index in [4.69, 9.17) is 0 Å². The van der Waals surface area contributed by atoms with Crippen molar-refractivity contribution < 1.29 is 13.2 Å². The summed E-state index contributed by atoms with van der Waals surface area (Å²) in [5.41, 5.74) is 1.75. The Balaban J connectivity index is 1.84. The Morgan fingerprint density at radius 2 is 1.56 bits per heavy atom. The number of nitrogens with zero attached hydrogens (tertiary/aromatic N) is 2. The lowest BCUT2D eigenvalue weighted by Crippen LogP contribution is -2.14. The predicted octanol–water partition coefficient (Wildman–Crippen LogP) is 3.65. The topological polar surface area (TPSA) is 69.0 Å². The monoisotopic (exact) mass is 376 g/mol. The van der Waals surface area contributed by atoms with Gasteiger partial charge < -0.3 is 0 Å². The molecule has 0 N–H and O–H groups in total. The second-order valence-electron chi connectivity index (χ2n) is 6.15. The quantitative estimate of drug-likeness (QED) is 0.499. The standard InChI is InChI=1S/C21H16N2O3S/c24-20(17-10-5-2-6-11-17)19-14-23(21-18(19)12-7-13-22-21)27(25,26)15-16-8-3-1-4-9-16/h1-14H,15H2. The van der Waals surface area contributed by atoms with Gasteiger partial charge in [-0.15, -0.1) is 0 Å². The van der Waals surface area contributed by atoms with Crippen molar-refractivity contribution in [2.24, 2.45) is 0 Å². The molecule has 2 heterocycles. The molecule has 0 atom stereocenters. The number of rotatable bonds is 5. The third-order valence-electron chi connectivity index (χ3n) is 4.30. The molecular formula is C21H16N2O3S. The van der Waals surface area contributed by atoms with Crippen LogP contribution in [0.25, 0.3) is 11.0 Å². The van der Waals surface area contributed by atoms with Gasteiger partial charge in [-0.25, -0.2) is 17.4 Å². The molecule has 2 aromatic heterocycles. The Hall–Kier alpha value is -3.25. The van der Waals surface area contributed by atoms with Crippen LogP contribution < -0.4 is 0 Å². The highest BCUT2D eigenvalue weighted by Crippen LogP contribution is 2.25. The van der Waals surface area contributed by atoms with Crippen LogP contribution in [0, 0.1) is 0 Å². The first-order valence-corrected chi connectivity index (χ1v) is 10.0. The summed E-state index contributed by atoms with van der Waals surface area (Å²) < 4.78 is 27.1. The number of ketones is 1. The van der Waals surface area contributed by atoms with Gasteiger partial charge in [-0.3, -0.25) is 4.79 Å². The summed E-state index contributed by atoms with van der Waals surface area (Å²) in [6, 6.07) is 21.1. The van der Waals surface area contributed by atoms with Crippen molar-refractivity contribution in [1.82, 2.24) is 8.96 Å². The second kappa shape index (κ2) is 6.81. The average molecular weight is 376 g/mol. The molecule has 6 heteroatoms. The molecule has 27 heavy (non-hydrogen) atoms. The van der Waals surface area contributed by atoms with Gasteiger partial charge in [0, 0.05) is 23.3 Å². The minimum atomic E-state index is -3.73. The summed E-state index contributed by atoms with van der Waals surface area (Å²) in [6.07, 6.45) is 2.90. The molecule has 0 spiro atoms. The number of pyridine rings is 1. The van der Waals surface area contributed by atoms with E-state index in [0.29, 0.717) is 22.1 Å². The van der Waals surface area contributed by atoms with Gasteiger partial charge in [-0.1, -0.05) is 60.7 Å². The van der Waals surface area contributed by atoms with E-state index in [2.05, 4.69) is 4.98 Å². The van der Waals surface area contributed by atoms with E-state index in [1.54, 1.807) is 60.7 Å². The first-order valence-electron chi connectivity index (χ1n) is 8.39. The van der Waals surface area contributed by atoms with Crippen LogP contribution in [-0.4, -0.2) is 23.2 Å². The number of benzene rings is 2. The SMILES string of the molecule is O=C(c1ccccc1)c1cn(S(=O)(=O)Cc2ccccc2)c2ncccc12. The van der Waals surface area contributed by atoms with Gasteiger partial charge in [0.2, 0.25) is 10.0 Å². The highest BCUT2D eigenvalue weighted by Gasteiger charge is 2.23. The molecule has 0 saturated heterocycles. The lowest BCUT2D eigenvalue weighted by atomic mass is 10.0. The minimum Gasteiger partial charge on any atom is -0.289 e. The summed E-state index contributed by atoms with van der Waals surface area (Å²) in [6.45, 7) is 0. The van der Waals surface area contributed by atoms with E-state index in [-0.39, 0.29) is 17.2 Å². The van der Waals surface area contributed by atoms with E-state index in [1.807, 2.05) is 12.1 Å². The lowest BCUT2D eigenvalue weighted by molar-refractivity contribution is 0.104. The molecule has 0 radical (unpaired) electrons. The van der Waals surface area contributed by atoms with Crippen LogP contribution in [0.1, 0.15) is 21.5 Å². The average Bonchev–Trinajstić information content (AvgIpc) is 3.09. The summed E-state index contributed by atoms with van der Waals surface area (Å²) >= 11 is 0. The number of aromatic nitrogens is 2. The third kappa shape index (κ3) is 3.27. The van der Waals surface area contributed by atoms with Crippen molar-refractivity contribution in [2.75, 3.05) is 0 Å². The first kappa shape index (κ1) is 17.2. The number of hydrogen-bond acceptors (Lipinski definition) is 4. The second-order valence-corrected chi connectivity index (χ2v) is 8.00. The molecule has 0 aliphatic heterocycles. The van der Waals surface area contributed by atoms with E-state index in [1.165, 1.54) is 12.4 Å². The molecular weight excluding hydrogens is 360 g/mol. The normalized spacial score (nSPS) is 11.6. The Morgan fingerprint density at radius 3 is 2.26 bits per heavy atom. The molecule has 2 aromatic carbocycles. The smallest absolute Gasteiger partial charge is 0.244 e. The van der Waals surface area contributed by atoms with E-state index in [9.17, 15) is 13.2 Å². The van der Waals surface area contributed by atoms with Crippen LogP contribution in [0.2, 0.25) is 0 Å². The van der Waals surface area contributed by atoms with Gasteiger partial charge in [0.05, 0.1) is 11.3 Å². The van der Waals surface area contributed by atoms with Crippen LogP contribution in [0.15, 0.2) is 85.2 Å². The molecule has 0 amide bonds. The van der Waals surface area contributed by atoms with Crippen LogP contribution in [0.5, 0.6) is 0 Å². The zero-order valence-corrected chi connectivity index (χ0v) is 15.1. The Bertz CT molecular complexity index is 1210. The molecule has 0 unspecified atom stereocenters. The predicted molar refractivity (Wildman–Crippen MR) is 104 cm³/mol. The minimum absolute atomic E-state index is 0.173. The third-order valence-corrected chi connectivity index (χ3v) is 5.88. The van der Waals surface area contributed by atoms with Crippen molar-refractivity contribution in [3.63, 3.8) is 0 Å². The van der Waals surface area contributed by atoms with E-state index < -0.39 is 10.0 Å². The van der Waals surface area contributed by atoms with Gasteiger partial charge in [0.25, 0.3) is 0 Å². The van der Waals surface area contributed by atoms with Crippen molar-refractivity contribution in [3.05, 3.63) is 102 Å². The zero-order chi connectivity index (χ0) is 18.9. The van der Waals surface area contributed by atoms with E-state index in [0.717, 1.165) is 3.97 Å². The fourth-order valence-corrected chi connectivity index (χ4v) is 4.45. The van der Waals surface area contributed by atoms with Gasteiger partial charge >= 0.3 is 0 Å². The lowest BCUT2D eigenvalue weighted by Gasteiger charge is -2.06. The number of hydrogen-bond donors (Lipinski definition) is 0. The largest absolute Gasteiger partial charge is 0.289 e.